The SMILES string of the molecule is C.C1=CCCCC1.CC. The molecule has 0 aromatic heterocycles. The van der Waals surface area contributed by atoms with Gasteiger partial charge in [-0.25, -0.2) is 0 Å². The van der Waals surface area contributed by atoms with E-state index in [1.54, 1.807) is 0 Å². The van der Waals surface area contributed by atoms with Crippen molar-refractivity contribution in [2.45, 2.75) is 47.0 Å². The van der Waals surface area contributed by atoms with Gasteiger partial charge in [-0.15, -0.1) is 0 Å². The highest BCUT2D eigenvalue weighted by Gasteiger charge is 1.87. The summed E-state index contributed by atoms with van der Waals surface area (Å²) in [6.07, 6.45) is 10.0. The summed E-state index contributed by atoms with van der Waals surface area (Å²) in [5.74, 6) is 0. The minimum atomic E-state index is 0. The summed E-state index contributed by atoms with van der Waals surface area (Å²) < 4.78 is 0. The van der Waals surface area contributed by atoms with Crippen LogP contribution in [0.4, 0.5) is 0 Å². The van der Waals surface area contributed by atoms with E-state index in [-0.39, 0.29) is 7.43 Å². The van der Waals surface area contributed by atoms with Crippen LogP contribution in [0, 0.1) is 0 Å². The molecule has 0 spiro atoms. The first kappa shape index (κ1) is 11.5. The molecule has 0 aromatic rings. The highest BCUT2D eigenvalue weighted by Crippen LogP contribution is 2.07. The van der Waals surface area contributed by atoms with Gasteiger partial charge < -0.3 is 0 Å². The summed E-state index contributed by atoms with van der Waals surface area (Å²) in [6, 6.07) is 0. The zero-order valence-corrected chi connectivity index (χ0v) is 5.98. The highest BCUT2D eigenvalue weighted by atomic mass is 13.9. The highest BCUT2D eigenvalue weighted by molar-refractivity contribution is 4.85. The van der Waals surface area contributed by atoms with Crippen LogP contribution < -0.4 is 0 Å². The average Bonchev–Trinajstić information content (AvgIpc) is 1.96. The molecule has 0 saturated carbocycles. The third-order valence-electron chi connectivity index (χ3n) is 1.16. The van der Waals surface area contributed by atoms with Gasteiger partial charge in [0.2, 0.25) is 0 Å². The van der Waals surface area contributed by atoms with Crippen molar-refractivity contribution in [3.63, 3.8) is 0 Å². The van der Waals surface area contributed by atoms with E-state index >= 15 is 0 Å². The van der Waals surface area contributed by atoms with E-state index in [0.29, 0.717) is 0 Å². The van der Waals surface area contributed by atoms with E-state index in [4.69, 9.17) is 0 Å². The van der Waals surface area contributed by atoms with Crippen molar-refractivity contribution in [2.75, 3.05) is 0 Å². The Hall–Kier alpha value is -0.260. The number of hydrogen-bond donors (Lipinski definition) is 0. The molecule has 0 atom stereocenters. The maximum Gasteiger partial charge on any atom is -0.0351 e. The summed E-state index contributed by atoms with van der Waals surface area (Å²) in [5, 5.41) is 0. The Labute approximate surface area is 60.0 Å². The van der Waals surface area contributed by atoms with Crippen molar-refractivity contribution in [3.05, 3.63) is 12.2 Å². The lowest BCUT2D eigenvalue weighted by Crippen LogP contribution is -1.77. The van der Waals surface area contributed by atoms with Gasteiger partial charge in [0.25, 0.3) is 0 Å². The van der Waals surface area contributed by atoms with Crippen molar-refractivity contribution >= 4 is 0 Å². The molecule has 0 heteroatoms. The Morgan fingerprint density at radius 1 is 0.889 bits per heavy atom. The third kappa shape index (κ3) is 7.74. The van der Waals surface area contributed by atoms with Crippen molar-refractivity contribution < 1.29 is 0 Å². The number of rotatable bonds is 0. The van der Waals surface area contributed by atoms with Crippen LogP contribution >= 0.6 is 0 Å². The molecule has 0 amide bonds. The quantitative estimate of drug-likeness (QED) is 0.435. The Morgan fingerprint density at radius 2 is 1.22 bits per heavy atom. The molecule has 0 N–H and O–H groups in total. The third-order valence-corrected chi connectivity index (χ3v) is 1.16. The fraction of sp³-hybridized carbons (Fsp3) is 0.778. The normalized spacial score (nSPS) is 14.9. The fourth-order valence-electron chi connectivity index (χ4n) is 0.760. The summed E-state index contributed by atoms with van der Waals surface area (Å²) in [7, 11) is 0. The van der Waals surface area contributed by atoms with Crippen molar-refractivity contribution in [2.24, 2.45) is 0 Å². The summed E-state index contributed by atoms with van der Waals surface area (Å²) in [4.78, 5) is 0. The minimum Gasteiger partial charge on any atom is -0.0885 e. The maximum atomic E-state index is 2.27. The van der Waals surface area contributed by atoms with Crippen LogP contribution in [-0.2, 0) is 0 Å². The largest absolute Gasteiger partial charge is 0.0885 e. The summed E-state index contributed by atoms with van der Waals surface area (Å²) >= 11 is 0. The van der Waals surface area contributed by atoms with Gasteiger partial charge in [0.15, 0.2) is 0 Å². The van der Waals surface area contributed by atoms with Gasteiger partial charge in [-0.2, -0.15) is 0 Å². The second kappa shape index (κ2) is 10.7. The molecule has 0 nitrogen and oxygen atoms in total. The molecular weight excluding hydrogens is 108 g/mol. The van der Waals surface area contributed by atoms with Crippen molar-refractivity contribution in [1.29, 1.82) is 0 Å². The Morgan fingerprint density at radius 3 is 1.33 bits per heavy atom. The van der Waals surface area contributed by atoms with Crippen LogP contribution in [0.1, 0.15) is 47.0 Å². The van der Waals surface area contributed by atoms with Gasteiger partial charge in [-0.05, 0) is 25.7 Å². The second-order valence-corrected chi connectivity index (χ2v) is 1.76. The first-order valence-corrected chi connectivity index (χ1v) is 3.65. The molecule has 1 aliphatic rings. The molecule has 0 heterocycles. The van der Waals surface area contributed by atoms with Gasteiger partial charge in [0, 0.05) is 0 Å². The van der Waals surface area contributed by atoms with Gasteiger partial charge in [-0.3, -0.25) is 0 Å². The monoisotopic (exact) mass is 128 g/mol. The molecule has 1 aliphatic carbocycles. The molecule has 0 aromatic carbocycles. The zero-order chi connectivity index (χ0) is 6.24. The van der Waals surface area contributed by atoms with Crippen LogP contribution in [0.2, 0.25) is 0 Å². The van der Waals surface area contributed by atoms with Crippen molar-refractivity contribution in [3.8, 4) is 0 Å². The first-order chi connectivity index (χ1) is 4.00. The standard InChI is InChI=1S/C6H10.C2H6.CH4/c1-2-4-6-5-3-1;1-2;/h1-2H,3-6H2;1-2H3;1H4. The number of hydrogen-bond acceptors (Lipinski definition) is 0. The molecule has 0 saturated heterocycles. The second-order valence-electron chi connectivity index (χ2n) is 1.76. The lowest BCUT2D eigenvalue weighted by Gasteiger charge is -1.97. The zero-order valence-electron chi connectivity index (χ0n) is 5.98. The molecule has 0 radical (unpaired) electrons. The molecule has 0 unspecified atom stereocenters. The minimum absolute atomic E-state index is 0. The molecule has 56 valence electrons. The smallest absolute Gasteiger partial charge is 0.0351 e. The molecule has 0 fully saturated rings. The summed E-state index contributed by atoms with van der Waals surface area (Å²) in [5.41, 5.74) is 0. The Bertz CT molecular complexity index is 45.1. The molecule has 0 bridgehead atoms. The lowest BCUT2D eigenvalue weighted by atomic mass is 10.1. The molecular formula is C9H20. The average molecular weight is 128 g/mol. The van der Waals surface area contributed by atoms with E-state index < -0.39 is 0 Å². The predicted molar refractivity (Wildman–Crippen MR) is 45.7 cm³/mol. The van der Waals surface area contributed by atoms with E-state index in [0.717, 1.165) is 0 Å². The van der Waals surface area contributed by atoms with Crippen LogP contribution in [0.15, 0.2) is 12.2 Å². The lowest BCUT2D eigenvalue weighted by molar-refractivity contribution is 0.730. The van der Waals surface area contributed by atoms with E-state index in [9.17, 15) is 0 Å². The van der Waals surface area contributed by atoms with Gasteiger partial charge in [0.1, 0.15) is 0 Å². The molecule has 1 rings (SSSR count). The maximum absolute atomic E-state index is 2.27. The Balaban J connectivity index is 0. The molecule has 0 aliphatic heterocycles. The van der Waals surface area contributed by atoms with E-state index in [1.165, 1.54) is 25.7 Å². The van der Waals surface area contributed by atoms with Gasteiger partial charge >= 0.3 is 0 Å². The van der Waals surface area contributed by atoms with E-state index in [2.05, 4.69) is 12.2 Å². The van der Waals surface area contributed by atoms with Crippen LogP contribution in [0.25, 0.3) is 0 Å². The molecule has 9 heavy (non-hydrogen) atoms. The fourth-order valence-corrected chi connectivity index (χ4v) is 0.760. The van der Waals surface area contributed by atoms with Crippen molar-refractivity contribution in [1.82, 2.24) is 0 Å². The number of allylic oxidation sites excluding steroid dienone is 2. The van der Waals surface area contributed by atoms with Gasteiger partial charge in [-0.1, -0.05) is 33.4 Å². The van der Waals surface area contributed by atoms with Crippen LogP contribution in [0.5, 0.6) is 0 Å². The first-order valence-electron chi connectivity index (χ1n) is 3.65. The van der Waals surface area contributed by atoms with E-state index in [1.807, 2.05) is 13.8 Å². The Kier molecular flexibility index (Phi) is 13.7. The topological polar surface area (TPSA) is 0 Å². The summed E-state index contributed by atoms with van der Waals surface area (Å²) in [6.45, 7) is 4.00. The predicted octanol–water partition coefficient (Wildman–Crippen LogP) is 3.78. The van der Waals surface area contributed by atoms with Crippen LogP contribution in [-0.4, -0.2) is 0 Å². The van der Waals surface area contributed by atoms with Crippen LogP contribution in [0.3, 0.4) is 0 Å². The van der Waals surface area contributed by atoms with Gasteiger partial charge in [0.05, 0.1) is 0 Å².